The quantitative estimate of drug-likeness (QED) is 0.865. The molecule has 0 saturated heterocycles. The van der Waals surface area contributed by atoms with Crippen LogP contribution in [0.1, 0.15) is 42.7 Å². The molecule has 17 heavy (non-hydrogen) atoms. The minimum atomic E-state index is -0.0901. The van der Waals surface area contributed by atoms with E-state index in [1.165, 1.54) is 11.3 Å². The molecule has 0 aliphatic heterocycles. The number of rotatable bonds is 4. The summed E-state index contributed by atoms with van der Waals surface area (Å²) in [5.74, 6) is -0.0901. The predicted octanol–water partition coefficient (Wildman–Crippen LogP) is 3.38. The first-order valence-corrected chi connectivity index (χ1v) is 7.42. The maximum atomic E-state index is 11.7. The number of alkyl halides is 1. The normalized spacial score (nSPS) is 13.5. The number of aromatic nitrogens is 1. The highest BCUT2D eigenvalue weighted by Gasteiger charge is 2.17. The van der Waals surface area contributed by atoms with Crippen LogP contribution in [0.5, 0.6) is 0 Å². The van der Waals surface area contributed by atoms with Gasteiger partial charge < -0.3 is 5.32 Å². The van der Waals surface area contributed by atoms with Gasteiger partial charge in [-0.1, -0.05) is 36.7 Å². The molecule has 0 spiro atoms. The number of halogens is 1. The monoisotopic (exact) mass is 318 g/mol. The topological polar surface area (TPSA) is 42.0 Å². The Morgan fingerprint density at radius 3 is 2.71 bits per heavy atom. The molecule has 0 aliphatic carbocycles. The standard InChI is InChI=1S/C12H19BrN2OS/c1-8-15-10(7-17-8)11(16)14-6-9(13)5-12(2,3)4/h7,9H,5-6H2,1-4H3,(H,14,16). The van der Waals surface area contributed by atoms with Crippen LogP contribution in [0.3, 0.4) is 0 Å². The second kappa shape index (κ2) is 5.96. The first-order valence-electron chi connectivity index (χ1n) is 5.62. The van der Waals surface area contributed by atoms with Crippen molar-refractivity contribution in [1.29, 1.82) is 0 Å². The van der Waals surface area contributed by atoms with Gasteiger partial charge in [0.15, 0.2) is 0 Å². The summed E-state index contributed by atoms with van der Waals surface area (Å²) in [5.41, 5.74) is 0.777. The van der Waals surface area contributed by atoms with Crippen LogP contribution in [0.25, 0.3) is 0 Å². The van der Waals surface area contributed by atoms with Gasteiger partial charge in [-0.15, -0.1) is 11.3 Å². The van der Waals surface area contributed by atoms with Gasteiger partial charge in [-0.05, 0) is 18.8 Å². The van der Waals surface area contributed by atoms with Crippen LogP contribution in [-0.2, 0) is 0 Å². The Morgan fingerprint density at radius 1 is 1.59 bits per heavy atom. The number of aryl methyl sites for hydroxylation is 1. The van der Waals surface area contributed by atoms with E-state index in [-0.39, 0.29) is 11.3 Å². The second-order valence-corrected chi connectivity index (χ2v) is 7.68. The zero-order chi connectivity index (χ0) is 13.1. The van der Waals surface area contributed by atoms with Gasteiger partial charge in [-0.25, -0.2) is 4.98 Å². The number of hydrogen-bond donors (Lipinski definition) is 1. The fourth-order valence-electron chi connectivity index (χ4n) is 1.50. The number of carbonyl (C=O) groups excluding carboxylic acids is 1. The van der Waals surface area contributed by atoms with Gasteiger partial charge in [0.25, 0.3) is 5.91 Å². The van der Waals surface area contributed by atoms with E-state index < -0.39 is 0 Å². The molecule has 0 bridgehead atoms. The fraction of sp³-hybridized carbons (Fsp3) is 0.667. The van der Waals surface area contributed by atoms with E-state index >= 15 is 0 Å². The molecule has 1 aromatic heterocycles. The van der Waals surface area contributed by atoms with Crippen molar-refractivity contribution in [3.63, 3.8) is 0 Å². The van der Waals surface area contributed by atoms with E-state index in [0.717, 1.165) is 11.4 Å². The van der Waals surface area contributed by atoms with Crippen LogP contribution in [0, 0.1) is 12.3 Å². The molecule has 3 nitrogen and oxygen atoms in total. The van der Waals surface area contributed by atoms with E-state index in [0.29, 0.717) is 17.1 Å². The first kappa shape index (κ1) is 14.6. The Kier molecular flexibility index (Phi) is 5.13. The number of thiazole rings is 1. The molecular formula is C12H19BrN2OS. The average molecular weight is 319 g/mol. The lowest BCUT2D eigenvalue weighted by molar-refractivity contribution is 0.0948. The molecule has 0 saturated carbocycles. The summed E-state index contributed by atoms with van der Waals surface area (Å²) in [5, 5.41) is 5.60. The third-order valence-corrected chi connectivity index (χ3v) is 3.59. The van der Waals surface area contributed by atoms with Crippen LogP contribution in [0.4, 0.5) is 0 Å². The van der Waals surface area contributed by atoms with E-state index in [4.69, 9.17) is 0 Å². The van der Waals surface area contributed by atoms with Crippen molar-refractivity contribution in [1.82, 2.24) is 10.3 Å². The van der Waals surface area contributed by atoms with Crippen molar-refractivity contribution in [2.45, 2.75) is 38.9 Å². The van der Waals surface area contributed by atoms with Gasteiger partial charge in [0.05, 0.1) is 5.01 Å². The highest BCUT2D eigenvalue weighted by Crippen LogP contribution is 2.24. The summed E-state index contributed by atoms with van der Waals surface area (Å²) < 4.78 is 0. The SMILES string of the molecule is Cc1nc(C(=O)NCC(Br)CC(C)(C)C)cs1. The van der Waals surface area contributed by atoms with Crippen LogP contribution >= 0.6 is 27.3 Å². The van der Waals surface area contributed by atoms with E-state index in [1.54, 1.807) is 5.38 Å². The molecular weight excluding hydrogens is 300 g/mol. The van der Waals surface area contributed by atoms with Gasteiger partial charge in [0.1, 0.15) is 5.69 Å². The molecule has 96 valence electrons. The van der Waals surface area contributed by atoms with Gasteiger partial charge in [0.2, 0.25) is 0 Å². The van der Waals surface area contributed by atoms with Crippen LogP contribution < -0.4 is 5.32 Å². The van der Waals surface area contributed by atoms with Crippen LogP contribution in [0.2, 0.25) is 0 Å². The second-order valence-electron chi connectivity index (χ2n) is 5.32. The summed E-state index contributed by atoms with van der Waals surface area (Å²) in [6.07, 6.45) is 1.02. The number of amides is 1. The van der Waals surface area contributed by atoms with Crippen molar-refractivity contribution < 1.29 is 4.79 Å². The van der Waals surface area contributed by atoms with Gasteiger partial charge in [0, 0.05) is 16.8 Å². The Bertz CT molecular complexity index is 384. The van der Waals surface area contributed by atoms with E-state index in [9.17, 15) is 4.79 Å². The Labute approximate surface area is 115 Å². The largest absolute Gasteiger partial charge is 0.350 e. The molecule has 1 unspecified atom stereocenters. The molecule has 1 rings (SSSR count). The molecule has 1 aromatic rings. The van der Waals surface area contributed by atoms with E-state index in [2.05, 4.69) is 47.0 Å². The Hall–Kier alpha value is -0.420. The zero-order valence-electron chi connectivity index (χ0n) is 10.7. The third kappa shape index (κ3) is 5.64. The van der Waals surface area contributed by atoms with Crippen LogP contribution in [0.15, 0.2) is 5.38 Å². The molecule has 0 fully saturated rings. The molecule has 1 heterocycles. The minimum Gasteiger partial charge on any atom is -0.350 e. The number of nitrogens with zero attached hydrogens (tertiary/aromatic N) is 1. The van der Waals surface area contributed by atoms with Crippen molar-refractivity contribution in [3.05, 3.63) is 16.1 Å². The molecule has 1 atom stereocenters. The van der Waals surface area contributed by atoms with E-state index in [1.807, 2.05) is 6.92 Å². The fourth-order valence-corrected chi connectivity index (χ4v) is 3.22. The highest BCUT2D eigenvalue weighted by atomic mass is 79.9. The summed E-state index contributed by atoms with van der Waals surface area (Å²) in [6, 6.07) is 0. The van der Waals surface area contributed by atoms with Crippen molar-refractivity contribution in [2.75, 3.05) is 6.54 Å². The summed E-state index contributed by atoms with van der Waals surface area (Å²) in [7, 11) is 0. The van der Waals surface area contributed by atoms with Crippen molar-refractivity contribution in [3.8, 4) is 0 Å². The lowest BCUT2D eigenvalue weighted by Gasteiger charge is -2.22. The maximum Gasteiger partial charge on any atom is 0.270 e. The lowest BCUT2D eigenvalue weighted by atomic mass is 9.90. The third-order valence-electron chi connectivity index (χ3n) is 2.17. The summed E-state index contributed by atoms with van der Waals surface area (Å²) >= 11 is 5.08. The highest BCUT2D eigenvalue weighted by molar-refractivity contribution is 9.09. The maximum absolute atomic E-state index is 11.7. The zero-order valence-corrected chi connectivity index (χ0v) is 13.1. The molecule has 0 aliphatic rings. The predicted molar refractivity (Wildman–Crippen MR) is 76.0 cm³/mol. The smallest absolute Gasteiger partial charge is 0.270 e. The van der Waals surface area contributed by atoms with Crippen molar-refractivity contribution >= 4 is 33.2 Å². The first-order chi connectivity index (χ1) is 7.78. The molecule has 0 aromatic carbocycles. The number of carbonyl (C=O) groups is 1. The van der Waals surface area contributed by atoms with Crippen molar-refractivity contribution in [2.24, 2.45) is 5.41 Å². The Morgan fingerprint density at radius 2 is 2.24 bits per heavy atom. The summed E-state index contributed by atoms with van der Waals surface area (Å²) in [4.78, 5) is 16.2. The van der Waals surface area contributed by atoms with Crippen LogP contribution in [-0.4, -0.2) is 22.3 Å². The average Bonchev–Trinajstić information content (AvgIpc) is 2.58. The molecule has 1 amide bonds. The number of nitrogens with one attached hydrogen (secondary N) is 1. The lowest BCUT2D eigenvalue weighted by Crippen LogP contribution is -2.31. The number of hydrogen-bond acceptors (Lipinski definition) is 3. The molecule has 1 N–H and O–H groups in total. The summed E-state index contributed by atoms with van der Waals surface area (Å²) in [6.45, 7) is 9.09. The Balaban J connectivity index is 2.38. The van der Waals surface area contributed by atoms with Gasteiger partial charge in [-0.2, -0.15) is 0 Å². The molecule has 5 heteroatoms. The van der Waals surface area contributed by atoms with Gasteiger partial charge in [-0.3, -0.25) is 4.79 Å². The molecule has 0 radical (unpaired) electrons. The minimum absolute atomic E-state index is 0.0901. The van der Waals surface area contributed by atoms with Gasteiger partial charge >= 0.3 is 0 Å².